The van der Waals surface area contributed by atoms with Crippen LogP contribution >= 0.6 is 0 Å². The van der Waals surface area contributed by atoms with E-state index in [0.29, 0.717) is 0 Å². The third-order valence-electron chi connectivity index (χ3n) is 4.64. The number of nitrogens with zero attached hydrogens (tertiary/aromatic N) is 3. The van der Waals surface area contributed by atoms with E-state index < -0.39 is 17.8 Å². The van der Waals surface area contributed by atoms with Crippen LogP contribution in [0.5, 0.6) is 5.75 Å². The van der Waals surface area contributed by atoms with Crippen molar-refractivity contribution in [2.45, 2.75) is 25.8 Å². The van der Waals surface area contributed by atoms with Gasteiger partial charge < -0.3 is 4.74 Å². The maximum Gasteiger partial charge on any atom is 0.335 e. The molecule has 0 spiro atoms. The van der Waals surface area contributed by atoms with Gasteiger partial charge in [0.2, 0.25) is 0 Å². The molecule has 0 unspecified atom stereocenters. The molecule has 128 valence electrons. The fourth-order valence-corrected chi connectivity index (χ4v) is 3.33. The van der Waals surface area contributed by atoms with Gasteiger partial charge in [0.05, 0.1) is 13.8 Å². The number of amides is 4. The zero-order valence-corrected chi connectivity index (χ0v) is 13.9. The van der Waals surface area contributed by atoms with Gasteiger partial charge in [0, 0.05) is 19.1 Å². The summed E-state index contributed by atoms with van der Waals surface area (Å²) in [5.41, 5.74) is 1.12. The minimum Gasteiger partial charge on any atom is -0.497 e. The predicted octanol–water partition coefficient (Wildman–Crippen LogP) is 1.60. The highest BCUT2D eigenvalue weighted by atomic mass is 16.5. The van der Waals surface area contributed by atoms with Crippen molar-refractivity contribution in [3.63, 3.8) is 0 Å². The van der Waals surface area contributed by atoms with E-state index in [9.17, 15) is 14.4 Å². The summed E-state index contributed by atoms with van der Waals surface area (Å²) >= 11 is 0. The van der Waals surface area contributed by atoms with Crippen molar-refractivity contribution in [3.05, 3.63) is 29.8 Å². The molecule has 2 aliphatic heterocycles. The molecule has 0 radical (unpaired) electrons. The van der Waals surface area contributed by atoms with E-state index in [4.69, 9.17) is 4.74 Å². The molecule has 7 heteroatoms. The van der Waals surface area contributed by atoms with Crippen molar-refractivity contribution in [3.8, 4) is 5.75 Å². The molecule has 1 aromatic rings. The highest BCUT2D eigenvalue weighted by Crippen LogP contribution is 2.33. The lowest BCUT2D eigenvalue weighted by molar-refractivity contribution is -0.143. The van der Waals surface area contributed by atoms with Gasteiger partial charge in [0.25, 0.3) is 0 Å². The highest BCUT2D eigenvalue weighted by molar-refractivity contribution is 6.44. The molecule has 2 aliphatic rings. The fourth-order valence-electron chi connectivity index (χ4n) is 3.33. The van der Waals surface area contributed by atoms with E-state index >= 15 is 0 Å². The molecule has 0 bridgehead atoms. The molecule has 1 aromatic carbocycles. The van der Waals surface area contributed by atoms with Crippen LogP contribution in [0.1, 0.15) is 31.4 Å². The second-order valence-corrected chi connectivity index (χ2v) is 5.95. The Balaban J connectivity index is 1.75. The zero-order chi connectivity index (χ0) is 17.3. The van der Waals surface area contributed by atoms with Crippen LogP contribution in [0.3, 0.4) is 0 Å². The number of hydrogen-bond donors (Lipinski definition) is 0. The second kappa shape index (κ2) is 6.60. The molecule has 3 rings (SSSR count). The Hall–Kier alpha value is -2.41. The molecule has 0 saturated carbocycles. The van der Waals surface area contributed by atoms with Gasteiger partial charge in [-0.25, -0.2) is 9.69 Å². The van der Waals surface area contributed by atoms with Gasteiger partial charge in [-0.1, -0.05) is 12.1 Å². The molecule has 0 N–H and O–H groups in total. The molecule has 1 atom stereocenters. The Morgan fingerprint density at radius 2 is 1.75 bits per heavy atom. The molecule has 0 aromatic heterocycles. The molecule has 2 saturated heterocycles. The molecule has 4 amide bonds. The summed E-state index contributed by atoms with van der Waals surface area (Å²) in [4.78, 5) is 40.3. The van der Waals surface area contributed by atoms with Crippen LogP contribution in [-0.4, -0.2) is 59.4 Å². The molecule has 0 aliphatic carbocycles. The lowest BCUT2D eigenvalue weighted by Crippen LogP contribution is -2.42. The van der Waals surface area contributed by atoms with Crippen molar-refractivity contribution in [1.82, 2.24) is 14.7 Å². The number of carbonyl (C=O) groups excluding carboxylic acids is 3. The number of urea groups is 1. The van der Waals surface area contributed by atoms with Crippen molar-refractivity contribution in [1.29, 1.82) is 0 Å². The smallest absolute Gasteiger partial charge is 0.335 e. The summed E-state index contributed by atoms with van der Waals surface area (Å²) in [6.07, 6.45) is 1.94. The number of rotatable bonds is 5. The quantitative estimate of drug-likeness (QED) is 0.605. The van der Waals surface area contributed by atoms with E-state index in [1.807, 2.05) is 24.3 Å². The number of imide groups is 2. The maximum atomic E-state index is 12.2. The first kappa shape index (κ1) is 16.4. The Bertz CT molecular complexity index is 658. The summed E-state index contributed by atoms with van der Waals surface area (Å²) < 4.78 is 5.18. The fraction of sp³-hybridized carbons (Fsp3) is 0.471. The van der Waals surface area contributed by atoms with Gasteiger partial charge in [-0.15, -0.1) is 0 Å². The van der Waals surface area contributed by atoms with Crippen molar-refractivity contribution in [2.24, 2.45) is 0 Å². The van der Waals surface area contributed by atoms with E-state index in [2.05, 4.69) is 4.90 Å². The lowest BCUT2D eigenvalue weighted by atomic mass is 10.0. The average Bonchev–Trinajstić information content (AvgIpc) is 3.14. The van der Waals surface area contributed by atoms with Crippen LogP contribution in [0.15, 0.2) is 24.3 Å². The maximum absolute atomic E-state index is 12.2. The van der Waals surface area contributed by atoms with Crippen molar-refractivity contribution in [2.75, 3.05) is 26.9 Å². The summed E-state index contributed by atoms with van der Waals surface area (Å²) in [7, 11) is 1.62. The van der Waals surface area contributed by atoms with Crippen LogP contribution in [0.2, 0.25) is 0 Å². The zero-order valence-electron chi connectivity index (χ0n) is 13.9. The van der Waals surface area contributed by atoms with Crippen molar-refractivity contribution >= 4 is 17.8 Å². The normalized spacial score (nSPS) is 21.9. The number of likely N-dealkylation sites (tertiary alicyclic amines) is 1. The number of ether oxygens (including phenoxy) is 1. The Morgan fingerprint density at radius 1 is 1.08 bits per heavy atom. The van der Waals surface area contributed by atoms with Crippen LogP contribution in [0.25, 0.3) is 0 Å². The summed E-state index contributed by atoms with van der Waals surface area (Å²) in [6, 6.07) is 7.41. The molecule has 7 nitrogen and oxygen atoms in total. The Morgan fingerprint density at radius 3 is 2.33 bits per heavy atom. The molecule has 2 fully saturated rings. The van der Waals surface area contributed by atoms with Gasteiger partial charge in [0.15, 0.2) is 0 Å². The van der Waals surface area contributed by atoms with Gasteiger partial charge >= 0.3 is 17.8 Å². The number of likely N-dealkylation sites (N-methyl/N-ethyl adjacent to an activating group) is 1. The van der Waals surface area contributed by atoms with Crippen LogP contribution < -0.4 is 4.74 Å². The van der Waals surface area contributed by atoms with E-state index in [1.54, 1.807) is 14.0 Å². The molecular weight excluding hydrogens is 310 g/mol. The second-order valence-electron chi connectivity index (χ2n) is 5.95. The van der Waals surface area contributed by atoms with E-state index in [-0.39, 0.29) is 19.3 Å². The topological polar surface area (TPSA) is 70.2 Å². The summed E-state index contributed by atoms with van der Waals surface area (Å²) in [5, 5.41) is 0. The Kier molecular flexibility index (Phi) is 4.53. The monoisotopic (exact) mass is 331 g/mol. The predicted molar refractivity (Wildman–Crippen MR) is 86.2 cm³/mol. The first-order valence-corrected chi connectivity index (χ1v) is 8.12. The standard InChI is InChI=1S/C17H21N3O4/c1-3-19-15(21)16(22)20(17(19)23)11-18-10-4-5-14(18)12-6-8-13(24-2)9-7-12/h6-9,14H,3-5,10-11H2,1-2H3/t14-/m0/s1. The lowest BCUT2D eigenvalue weighted by Gasteiger charge is -2.28. The van der Waals surface area contributed by atoms with Crippen molar-refractivity contribution < 1.29 is 19.1 Å². The number of hydrogen-bond acceptors (Lipinski definition) is 5. The number of methoxy groups -OCH3 is 1. The van der Waals surface area contributed by atoms with Gasteiger partial charge in [-0.05, 0) is 37.5 Å². The third kappa shape index (κ3) is 2.75. The SMILES string of the molecule is CCN1C(=O)C(=O)N(CN2CCC[C@H]2c2ccc(OC)cc2)C1=O. The van der Waals surface area contributed by atoms with Gasteiger partial charge in [-0.2, -0.15) is 0 Å². The first-order valence-electron chi connectivity index (χ1n) is 8.12. The first-order chi connectivity index (χ1) is 11.6. The van der Waals surface area contributed by atoms with Gasteiger partial charge in [0.1, 0.15) is 5.75 Å². The number of benzene rings is 1. The van der Waals surface area contributed by atoms with Gasteiger partial charge in [-0.3, -0.25) is 19.4 Å². The minimum absolute atomic E-state index is 0.127. The van der Waals surface area contributed by atoms with Crippen LogP contribution in [-0.2, 0) is 9.59 Å². The van der Waals surface area contributed by atoms with E-state index in [1.165, 1.54) is 0 Å². The Labute approximate surface area is 140 Å². The molecule has 24 heavy (non-hydrogen) atoms. The molecular formula is C17H21N3O4. The highest BCUT2D eigenvalue weighted by Gasteiger charge is 2.45. The largest absolute Gasteiger partial charge is 0.497 e. The third-order valence-corrected chi connectivity index (χ3v) is 4.64. The summed E-state index contributed by atoms with van der Waals surface area (Å²) in [6.45, 7) is 2.83. The minimum atomic E-state index is -0.734. The van der Waals surface area contributed by atoms with Crippen LogP contribution in [0.4, 0.5) is 4.79 Å². The summed E-state index contributed by atoms with van der Waals surface area (Å²) in [5.74, 6) is -0.678. The van der Waals surface area contributed by atoms with Crippen LogP contribution in [0, 0.1) is 0 Å². The molecule has 2 heterocycles. The average molecular weight is 331 g/mol. The van der Waals surface area contributed by atoms with E-state index in [0.717, 1.165) is 40.5 Å². The number of carbonyl (C=O) groups is 3.